The van der Waals surface area contributed by atoms with Crippen LogP contribution in [0.4, 0.5) is 0 Å². The molecular weight excluding hydrogens is 224 g/mol. The van der Waals surface area contributed by atoms with E-state index in [1.165, 1.54) is 0 Å². The Kier molecular flexibility index (Phi) is 6.48. The molecule has 0 bridgehead atoms. The summed E-state index contributed by atoms with van der Waals surface area (Å²) >= 11 is 3.99. The highest BCUT2D eigenvalue weighted by Gasteiger charge is 2.29. The van der Waals surface area contributed by atoms with Gasteiger partial charge in [0.15, 0.2) is 0 Å². The second-order valence-electron chi connectivity index (χ2n) is 4.93. The molecule has 0 saturated carbocycles. The van der Waals surface area contributed by atoms with Crippen LogP contribution in [0.2, 0.25) is 0 Å². The first kappa shape index (κ1) is 15.3. The summed E-state index contributed by atoms with van der Waals surface area (Å²) in [7, 11) is 0. The first-order chi connectivity index (χ1) is 7.29. The SMILES string of the molecule is CC(C)(C)C(CCC(=O)NCCS)C(N)=O. The van der Waals surface area contributed by atoms with Crippen molar-refractivity contribution in [1.82, 2.24) is 5.32 Å². The zero-order valence-corrected chi connectivity index (χ0v) is 11.1. The molecule has 0 aromatic rings. The number of nitrogens with one attached hydrogen (secondary N) is 1. The highest BCUT2D eigenvalue weighted by molar-refractivity contribution is 7.80. The number of carbonyl (C=O) groups is 2. The highest BCUT2D eigenvalue weighted by atomic mass is 32.1. The Labute approximate surface area is 103 Å². The Morgan fingerprint density at radius 3 is 2.31 bits per heavy atom. The van der Waals surface area contributed by atoms with Crippen LogP contribution in [0.25, 0.3) is 0 Å². The van der Waals surface area contributed by atoms with Crippen LogP contribution in [0.15, 0.2) is 0 Å². The van der Waals surface area contributed by atoms with Crippen LogP contribution in [0.5, 0.6) is 0 Å². The molecule has 94 valence electrons. The van der Waals surface area contributed by atoms with Crippen LogP contribution in [-0.4, -0.2) is 24.1 Å². The van der Waals surface area contributed by atoms with Gasteiger partial charge in [-0.25, -0.2) is 0 Å². The fourth-order valence-corrected chi connectivity index (χ4v) is 1.67. The first-order valence-corrected chi connectivity index (χ1v) is 6.09. The maximum atomic E-state index is 11.4. The van der Waals surface area contributed by atoms with Crippen molar-refractivity contribution in [2.45, 2.75) is 33.6 Å². The van der Waals surface area contributed by atoms with E-state index in [0.29, 0.717) is 25.1 Å². The molecule has 0 aliphatic heterocycles. The predicted molar refractivity (Wildman–Crippen MR) is 68.2 cm³/mol. The first-order valence-electron chi connectivity index (χ1n) is 5.46. The third-order valence-electron chi connectivity index (χ3n) is 2.48. The van der Waals surface area contributed by atoms with Gasteiger partial charge in [0, 0.05) is 24.6 Å². The number of hydrogen-bond acceptors (Lipinski definition) is 3. The lowest BCUT2D eigenvalue weighted by Crippen LogP contribution is -2.35. The Balaban J connectivity index is 4.14. The highest BCUT2D eigenvalue weighted by Crippen LogP contribution is 2.29. The van der Waals surface area contributed by atoms with Gasteiger partial charge in [-0.2, -0.15) is 12.6 Å². The summed E-state index contributed by atoms with van der Waals surface area (Å²) in [4.78, 5) is 22.6. The molecule has 0 fully saturated rings. The zero-order valence-electron chi connectivity index (χ0n) is 10.2. The minimum absolute atomic E-state index is 0.0513. The van der Waals surface area contributed by atoms with Gasteiger partial charge in [-0.1, -0.05) is 20.8 Å². The summed E-state index contributed by atoms with van der Waals surface area (Å²) in [6.07, 6.45) is 0.829. The van der Waals surface area contributed by atoms with Gasteiger partial charge in [0.25, 0.3) is 0 Å². The van der Waals surface area contributed by atoms with Crippen LogP contribution in [-0.2, 0) is 9.59 Å². The van der Waals surface area contributed by atoms with Gasteiger partial charge in [0.05, 0.1) is 0 Å². The molecule has 0 radical (unpaired) electrons. The van der Waals surface area contributed by atoms with E-state index in [9.17, 15) is 9.59 Å². The summed E-state index contributed by atoms with van der Waals surface area (Å²) in [5, 5.41) is 2.71. The molecule has 0 rings (SSSR count). The molecule has 0 aliphatic rings. The van der Waals surface area contributed by atoms with Gasteiger partial charge in [-0.15, -0.1) is 0 Å². The van der Waals surface area contributed by atoms with E-state index in [1.54, 1.807) is 0 Å². The molecule has 1 atom stereocenters. The maximum absolute atomic E-state index is 11.4. The van der Waals surface area contributed by atoms with Crippen molar-refractivity contribution in [2.75, 3.05) is 12.3 Å². The number of primary amides is 1. The van der Waals surface area contributed by atoms with Crippen molar-refractivity contribution in [1.29, 1.82) is 0 Å². The Hall–Kier alpha value is -0.710. The normalized spacial score (nSPS) is 13.2. The largest absolute Gasteiger partial charge is 0.369 e. The molecule has 0 aromatic carbocycles. The third-order valence-corrected chi connectivity index (χ3v) is 2.71. The molecule has 0 aliphatic carbocycles. The molecular formula is C11H22N2O2S. The van der Waals surface area contributed by atoms with Crippen LogP contribution >= 0.6 is 12.6 Å². The van der Waals surface area contributed by atoms with Crippen molar-refractivity contribution < 1.29 is 9.59 Å². The molecule has 0 saturated heterocycles. The lowest BCUT2D eigenvalue weighted by molar-refractivity contribution is -0.126. The van der Waals surface area contributed by atoms with Crippen LogP contribution in [0, 0.1) is 11.3 Å². The molecule has 0 heterocycles. The molecule has 0 spiro atoms. The van der Waals surface area contributed by atoms with E-state index in [0.717, 1.165) is 0 Å². The molecule has 5 heteroatoms. The molecule has 4 nitrogen and oxygen atoms in total. The molecule has 3 N–H and O–H groups in total. The van der Waals surface area contributed by atoms with E-state index >= 15 is 0 Å². The van der Waals surface area contributed by atoms with Gasteiger partial charge < -0.3 is 11.1 Å². The van der Waals surface area contributed by atoms with Gasteiger partial charge >= 0.3 is 0 Å². The predicted octanol–water partition coefficient (Wildman–Crippen LogP) is 0.960. The summed E-state index contributed by atoms with van der Waals surface area (Å²) in [5.41, 5.74) is 5.13. The van der Waals surface area contributed by atoms with Gasteiger partial charge in [0.2, 0.25) is 11.8 Å². The van der Waals surface area contributed by atoms with E-state index < -0.39 is 0 Å². The average molecular weight is 246 g/mol. The monoisotopic (exact) mass is 246 g/mol. The average Bonchev–Trinajstić information content (AvgIpc) is 2.12. The second kappa shape index (κ2) is 6.78. The number of thiol groups is 1. The van der Waals surface area contributed by atoms with Gasteiger partial charge in [-0.05, 0) is 11.8 Å². The Bertz CT molecular complexity index is 249. The van der Waals surface area contributed by atoms with Crippen LogP contribution in [0.3, 0.4) is 0 Å². The van der Waals surface area contributed by atoms with E-state index in [-0.39, 0.29) is 23.1 Å². The number of amides is 2. The second-order valence-corrected chi connectivity index (χ2v) is 5.38. The quantitative estimate of drug-likeness (QED) is 0.611. The zero-order chi connectivity index (χ0) is 12.8. The summed E-state index contributed by atoms with van der Waals surface area (Å²) in [5.74, 6) is -0.0436. The fourth-order valence-electron chi connectivity index (χ4n) is 1.56. The smallest absolute Gasteiger partial charge is 0.221 e. The molecule has 16 heavy (non-hydrogen) atoms. The van der Waals surface area contributed by atoms with Crippen molar-refractivity contribution >= 4 is 24.4 Å². The van der Waals surface area contributed by atoms with Crippen molar-refractivity contribution in [2.24, 2.45) is 17.1 Å². The summed E-state index contributed by atoms with van der Waals surface area (Å²) < 4.78 is 0. The third kappa shape index (κ3) is 6.00. The maximum Gasteiger partial charge on any atom is 0.221 e. The molecule has 2 amide bonds. The molecule has 1 unspecified atom stereocenters. The Morgan fingerprint density at radius 2 is 1.94 bits per heavy atom. The van der Waals surface area contributed by atoms with Crippen LogP contribution in [0.1, 0.15) is 33.6 Å². The summed E-state index contributed by atoms with van der Waals surface area (Å²) in [6.45, 7) is 6.41. The van der Waals surface area contributed by atoms with E-state index in [2.05, 4.69) is 17.9 Å². The number of rotatable bonds is 6. The van der Waals surface area contributed by atoms with Gasteiger partial charge in [0.1, 0.15) is 0 Å². The van der Waals surface area contributed by atoms with Crippen molar-refractivity contribution in [3.05, 3.63) is 0 Å². The number of nitrogens with two attached hydrogens (primary N) is 1. The Morgan fingerprint density at radius 1 is 1.38 bits per heavy atom. The van der Waals surface area contributed by atoms with Crippen molar-refractivity contribution in [3.8, 4) is 0 Å². The molecule has 0 aromatic heterocycles. The topological polar surface area (TPSA) is 72.2 Å². The van der Waals surface area contributed by atoms with Gasteiger partial charge in [-0.3, -0.25) is 9.59 Å². The van der Waals surface area contributed by atoms with E-state index in [1.807, 2.05) is 20.8 Å². The minimum atomic E-state index is -0.338. The fraction of sp³-hybridized carbons (Fsp3) is 0.818. The van der Waals surface area contributed by atoms with Crippen LogP contribution < -0.4 is 11.1 Å². The number of hydrogen-bond donors (Lipinski definition) is 3. The number of carbonyl (C=O) groups excluding carboxylic acids is 2. The minimum Gasteiger partial charge on any atom is -0.369 e. The van der Waals surface area contributed by atoms with Crippen molar-refractivity contribution in [3.63, 3.8) is 0 Å². The standard InChI is InChI=1S/C11H22N2O2S/c1-11(2,3)8(10(12)15)4-5-9(14)13-6-7-16/h8,16H,4-7H2,1-3H3,(H2,12,15)(H,13,14). The summed E-state index contributed by atoms with van der Waals surface area (Å²) in [6, 6.07) is 0. The van der Waals surface area contributed by atoms with E-state index in [4.69, 9.17) is 5.73 Å². The lowest BCUT2D eigenvalue weighted by atomic mass is 9.77. The lowest BCUT2D eigenvalue weighted by Gasteiger charge is -2.27.